The maximum absolute atomic E-state index is 12.2. The van der Waals surface area contributed by atoms with E-state index in [4.69, 9.17) is 0 Å². The minimum absolute atomic E-state index is 0.361. The summed E-state index contributed by atoms with van der Waals surface area (Å²) in [6, 6.07) is 0. The minimum atomic E-state index is -0.706. The number of hydrogen-bond acceptors (Lipinski definition) is 0. The summed E-state index contributed by atoms with van der Waals surface area (Å²) in [6.45, 7) is 6.55. The second kappa shape index (κ2) is 4.28. The van der Waals surface area contributed by atoms with Gasteiger partial charge in [-0.3, -0.25) is 0 Å². The van der Waals surface area contributed by atoms with Crippen LogP contribution < -0.4 is 0 Å². The van der Waals surface area contributed by atoms with Crippen LogP contribution in [-0.2, 0) is 0 Å². The van der Waals surface area contributed by atoms with E-state index < -0.39 is 5.91 Å². The van der Waals surface area contributed by atoms with Crippen molar-refractivity contribution in [3.8, 4) is 0 Å². The highest BCUT2D eigenvalue weighted by molar-refractivity contribution is 7.17. The van der Waals surface area contributed by atoms with Gasteiger partial charge in [-0.2, -0.15) is 0 Å². The van der Waals surface area contributed by atoms with Crippen LogP contribution in [0.2, 0.25) is 0 Å². The van der Waals surface area contributed by atoms with Crippen molar-refractivity contribution in [1.29, 1.82) is 0 Å². The van der Waals surface area contributed by atoms with Crippen molar-refractivity contribution in [2.75, 3.05) is 0 Å². The molecule has 0 aliphatic carbocycles. The summed E-state index contributed by atoms with van der Waals surface area (Å²) in [7, 11) is 2.18. The van der Waals surface area contributed by atoms with E-state index in [2.05, 4.69) is 30.0 Å². The van der Waals surface area contributed by atoms with Crippen LogP contribution in [0, 0.1) is 5.41 Å². The van der Waals surface area contributed by atoms with E-state index in [0.29, 0.717) is 11.8 Å². The molecule has 2 unspecified atom stereocenters. The zero-order valence-electron chi connectivity index (χ0n) is 7.15. The summed E-state index contributed by atoms with van der Waals surface area (Å²) in [4.78, 5) is 0. The first-order valence-electron chi connectivity index (χ1n) is 3.81. The maximum atomic E-state index is 12.2. The standard InChI is InChI=1S/C8H18FP/c1-8(2,3)6-4-5-7(9)10/h7H,4-6,10H2,1-3H3. The fraction of sp³-hybridized carbons (Fsp3) is 1.00. The lowest BCUT2D eigenvalue weighted by Gasteiger charge is -2.17. The minimum Gasteiger partial charge on any atom is -0.243 e. The summed E-state index contributed by atoms with van der Waals surface area (Å²) in [5.74, 6) is -0.706. The number of halogens is 1. The molecule has 0 spiro atoms. The fourth-order valence-corrected chi connectivity index (χ4v) is 1.06. The van der Waals surface area contributed by atoms with E-state index in [-0.39, 0.29) is 0 Å². The van der Waals surface area contributed by atoms with E-state index in [1.165, 1.54) is 0 Å². The lowest BCUT2D eigenvalue weighted by molar-refractivity contribution is 0.334. The van der Waals surface area contributed by atoms with Crippen LogP contribution in [0.25, 0.3) is 0 Å². The number of alkyl halides is 1. The molecule has 0 heterocycles. The molecule has 0 N–H and O–H groups in total. The lowest BCUT2D eigenvalue weighted by atomic mass is 9.90. The fourth-order valence-electron chi connectivity index (χ4n) is 0.827. The highest BCUT2D eigenvalue weighted by Crippen LogP contribution is 2.23. The van der Waals surface area contributed by atoms with Crippen molar-refractivity contribution in [3.05, 3.63) is 0 Å². The van der Waals surface area contributed by atoms with Crippen LogP contribution in [-0.4, -0.2) is 5.91 Å². The zero-order valence-corrected chi connectivity index (χ0v) is 8.31. The Labute approximate surface area is 65.8 Å². The largest absolute Gasteiger partial charge is 0.243 e. The van der Waals surface area contributed by atoms with Crippen molar-refractivity contribution >= 4 is 9.24 Å². The summed E-state index contributed by atoms with van der Waals surface area (Å²) in [5.41, 5.74) is 0.361. The Kier molecular flexibility index (Phi) is 4.44. The lowest BCUT2D eigenvalue weighted by Crippen LogP contribution is -2.04. The third-order valence-electron chi connectivity index (χ3n) is 1.41. The summed E-state index contributed by atoms with van der Waals surface area (Å²) in [5, 5.41) is 0. The third-order valence-corrected chi connectivity index (χ3v) is 1.74. The predicted octanol–water partition coefficient (Wildman–Crippen LogP) is 3.37. The molecule has 0 fully saturated rings. The van der Waals surface area contributed by atoms with Crippen LogP contribution >= 0.6 is 9.24 Å². The van der Waals surface area contributed by atoms with Crippen LogP contribution in [0.1, 0.15) is 40.0 Å². The average molecular weight is 164 g/mol. The Balaban J connectivity index is 3.21. The van der Waals surface area contributed by atoms with Gasteiger partial charge in [0.2, 0.25) is 0 Å². The highest BCUT2D eigenvalue weighted by Gasteiger charge is 2.09. The van der Waals surface area contributed by atoms with Crippen LogP contribution in [0.3, 0.4) is 0 Å². The molecule has 0 saturated carbocycles. The molecule has 0 aromatic rings. The molecule has 0 saturated heterocycles. The van der Waals surface area contributed by atoms with E-state index in [0.717, 1.165) is 12.8 Å². The first-order chi connectivity index (χ1) is 4.42. The first-order valence-corrected chi connectivity index (χ1v) is 4.48. The van der Waals surface area contributed by atoms with Crippen LogP contribution in [0.5, 0.6) is 0 Å². The number of hydrogen-bond donors (Lipinski definition) is 0. The quantitative estimate of drug-likeness (QED) is 0.561. The third kappa shape index (κ3) is 8.36. The van der Waals surface area contributed by atoms with Crippen molar-refractivity contribution in [1.82, 2.24) is 0 Å². The topological polar surface area (TPSA) is 0 Å². The van der Waals surface area contributed by atoms with E-state index in [1.807, 2.05) is 0 Å². The van der Waals surface area contributed by atoms with Gasteiger partial charge in [0.15, 0.2) is 0 Å². The predicted molar refractivity (Wildman–Crippen MR) is 47.9 cm³/mol. The van der Waals surface area contributed by atoms with Gasteiger partial charge in [-0.15, -0.1) is 9.24 Å². The molecule has 2 atom stereocenters. The Hall–Kier alpha value is 0.360. The molecule has 0 aromatic heterocycles. The van der Waals surface area contributed by atoms with Gasteiger partial charge in [0.1, 0.15) is 5.91 Å². The molecule has 0 amide bonds. The Morgan fingerprint density at radius 1 is 1.40 bits per heavy atom. The normalized spacial score (nSPS) is 15.3. The van der Waals surface area contributed by atoms with Gasteiger partial charge >= 0.3 is 0 Å². The van der Waals surface area contributed by atoms with E-state index >= 15 is 0 Å². The van der Waals surface area contributed by atoms with E-state index in [9.17, 15) is 4.39 Å². The summed E-state index contributed by atoms with van der Waals surface area (Å²) >= 11 is 0. The van der Waals surface area contributed by atoms with Gasteiger partial charge in [0.05, 0.1) is 0 Å². The molecule has 0 bridgehead atoms. The molecule has 0 radical (unpaired) electrons. The zero-order chi connectivity index (χ0) is 8.20. The molecule has 2 heteroatoms. The monoisotopic (exact) mass is 164 g/mol. The van der Waals surface area contributed by atoms with Crippen molar-refractivity contribution in [2.45, 2.75) is 45.9 Å². The van der Waals surface area contributed by atoms with Gasteiger partial charge in [-0.1, -0.05) is 20.8 Å². The maximum Gasteiger partial charge on any atom is 0.113 e. The van der Waals surface area contributed by atoms with Crippen LogP contribution in [0.15, 0.2) is 0 Å². The second-order valence-corrected chi connectivity index (χ2v) is 4.69. The SMILES string of the molecule is CC(C)(C)CCCC(F)P. The summed E-state index contributed by atoms with van der Waals surface area (Å²) < 4.78 is 12.2. The Bertz CT molecular complexity index is 83.7. The Morgan fingerprint density at radius 2 is 1.90 bits per heavy atom. The van der Waals surface area contributed by atoms with Gasteiger partial charge in [0.25, 0.3) is 0 Å². The van der Waals surface area contributed by atoms with E-state index in [1.54, 1.807) is 0 Å². The molecule has 0 aromatic carbocycles. The molecule has 0 rings (SSSR count). The molecule has 10 heavy (non-hydrogen) atoms. The van der Waals surface area contributed by atoms with Crippen molar-refractivity contribution in [2.24, 2.45) is 5.41 Å². The molecule has 0 aliphatic rings. The molecule has 0 nitrogen and oxygen atoms in total. The van der Waals surface area contributed by atoms with Crippen molar-refractivity contribution < 1.29 is 4.39 Å². The smallest absolute Gasteiger partial charge is 0.113 e. The van der Waals surface area contributed by atoms with Gasteiger partial charge in [-0.05, 0) is 24.7 Å². The van der Waals surface area contributed by atoms with Gasteiger partial charge in [-0.25, -0.2) is 4.39 Å². The van der Waals surface area contributed by atoms with Crippen molar-refractivity contribution in [3.63, 3.8) is 0 Å². The molecular formula is C8H18FP. The molecular weight excluding hydrogens is 146 g/mol. The molecule has 62 valence electrons. The van der Waals surface area contributed by atoms with Crippen LogP contribution in [0.4, 0.5) is 4.39 Å². The van der Waals surface area contributed by atoms with Gasteiger partial charge < -0.3 is 0 Å². The van der Waals surface area contributed by atoms with Gasteiger partial charge in [0, 0.05) is 0 Å². The first kappa shape index (κ1) is 10.4. The Morgan fingerprint density at radius 3 is 2.20 bits per heavy atom. The number of rotatable bonds is 3. The average Bonchev–Trinajstić information content (AvgIpc) is 1.59. The molecule has 0 aliphatic heterocycles. The summed E-state index contributed by atoms with van der Waals surface area (Å²) in [6.07, 6.45) is 2.79. The second-order valence-electron chi connectivity index (χ2n) is 3.97. The highest BCUT2D eigenvalue weighted by atomic mass is 31.0.